The summed E-state index contributed by atoms with van der Waals surface area (Å²) in [4.78, 5) is 10.6. The molecule has 5 heteroatoms. The van der Waals surface area contributed by atoms with E-state index in [-0.39, 0.29) is 5.24 Å². The zero-order chi connectivity index (χ0) is 12.1. The number of ether oxygens (including phenoxy) is 2. The van der Waals surface area contributed by atoms with Crippen LogP contribution in [0.25, 0.3) is 0 Å². The number of benzene rings is 1. The lowest BCUT2D eigenvalue weighted by atomic mass is 10.1. The van der Waals surface area contributed by atoms with E-state index in [0.29, 0.717) is 19.8 Å². The summed E-state index contributed by atoms with van der Waals surface area (Å²) in [7, 11) is 0. The normalized spacial score (nSPS) is 13.9. The number of hydrogen-bond donors (Lipinski definition) is 2. The summed E-state index contributed by atoms with van der Waals surface area (Å²) in [5.74, 6) is 1.58. The molecule has 1 aliphatic rings. The molecule has 0 radical (unpaired) electrons. The summed E-state index contributed by atoms with van der Waals surface area (Å²) in [5, 5.41) is 2.33. The van der Waals surface area contributed by atoms with Gasteiger partial charge in [-0.2, -0.15) is 0 Å². The second kappa shape index (κ2) is 5.82. The number of amides is 1. The molecule has 0 atom stereocenters. The van der Waals surface area contributed by atoms with Gasteiger partial charge in [-0.05, 0) is 24.1 Å². The van der Waals surface area contributed by atoms with Crippen molar-refractivity contribution in [3.63, 3.8) is 0 Å². The third-order valence-corrected chi connectivity index (χ3v) is 2.66. The smallest absolute Gasteiger partial charge is 0.275 e. The minimum atomic E-state index is -0.306. The van der Waals surface area contributed by atoms with Crippen LogP contribution in [0, 0.1) is 0 Å². The molecular formula is C12H15NO3S. The van der Waals surface area contributed by atoms with Crippen LogP contribution in [-0.2, 0) is 6.42 Å². The third-order valence-electron chi connectivity index (χ3n) is 2.50. The SMILES string of the molecule is O=C(S)NCCc1ccc2c(c1)OCCCO2. The van der Waals surface area contributed by atoms with Gasteiger partial charge in [0.25, 0.3) is 5.24 Å². The van der Waals surface area contributed by atoms with Crippen molar-refractivity contribution in [1.29, 1.82) is 0 Å². The van der Waals surface area contributed by atoms with Crippen molar-refractivity contribution in [3.8, 4) is 11.5 Å². The molecule has 1 heterocycles. The van der Waals surface area contributed by atoms with Gasteiger partial charge >= 0.3 is 0 Å². The first-order valence-electron chi connectivity index (χ1n) is 5.61. The summed E-state index contributed by atoms with van der Waals surface area (Å²) in [6, 6.07) is 5.86. The van der Waals surface area contributed by atoms with Crippen molar-refractivity contribution in [2.45, 2.75) is 12.8 Å². The highest BCUT2D eigenvalue weighted by Crippen LogP contribution is 2.30. The fraction of sp³-hybridized carbons (Fsp3) is 0.417. The lowest BCUT2D eigenvalue weighted by Crippen LogP contribution is -2.19. The molecule has 17 heavy (non-hydrogen) atoms. The molecule has 0 unspecified atom stereocenters. The fourth-order valence-electron chi connectivity index (χ4n) is 1.68. The number of carbonyl (C=O) groups excluding carboxylic acids is 1. The van der Waals surface area contributed by atoms with Crippen LogP contribution in [0.4, 0.5) is 4.79 Å². The zero-order valence-corrected chi connectivity index (χ0v) is 10.3. The van der Waals surface area contributed by atoms with Gasteiger partial charge in [0.1, 0.15) is 0 Å². The molecule has 1 N–H and O–H groups in total. The Bertz CT molecular complexity index is 409. The second-order valence-electron chi connectivity index (χ2n) is 3.81. The first-order chi connectivity index (χ1) is 8.25. The number of hydrogen-bond acceptors (Lipinski definition) is 3. The van der Waals surface area contributed by atoms with Crippen LogP contribution >= 0.6 is 12.6 Å². The molecular weight excluding hydrogens is 238 g/mol. The second-order valence-corrected chi connectivity index (χ2v) is 4.22. The van der Waals surface area contributed by atoms with Gasteiger partial charge < -0.3 is 14.8 Å². The highest BCUT2D eigenvalue weighted by Gasteiger charge is 2.10. The predicted molar refractivity (Wildman–Crippen MR) is 68.1 cm³/mol. The zero-order valence-electron chi connectivity index (χ0n) is 9.44. The van der Waals surface area contributed by atoms with E-state index in [0.717, 1.165) is 29.9 Å². The van der Waals surface area contributed by atoms with Gasteiger partial charge in [-0.25, -0.2) is 0 Å². The van der Waals surface area contributed by atoms with Gasteiger partial charge in [0, 0.05) is 13.0 Å². The van der Waals surface area contributed by atoms with Gasteiger partial charge in [-0.1, -0.05) is 18.7 Å². The summed E-state index contributed by atoms with van der Waals surface area (Å²) in [6.45, 7) is 1.95. The molecule has 0 saturated carbocycles. The molecule has 0 aliphatic carbocycles. The monoisotopic (exact) mass is 253 g/mol. The Labute approximate surface area is 106 Å². The molecule has 92 valence electrons. The van der Waals surface area contributed by atoms with E-state index < -0.39 is 0 Å². The maximum atomic E-state index is 10.6. The number of rotatable bonds is 3. The quantitative estimate of drug-likeness (QED) is 0.810. The lowest BCUT2D eigenvalue weighted by molar-refractivity contribution is 0.261. The van der Waals surface area contributed by atoms with Crippen LogP contribution < -0.4 is 14.8 Å². The van der Waals surface area contributed by atoms with Gasteiger partial charge in [0.15, 0.2) is 11.5 Å². The maximum absolute atomic E-state index is 10.6. The predicted octanol–water partition coefficient (Wildman–Crippen LogP) is 2.03. The number of carbonyl (C=O) groups is 1. The van der Waals surface area contributed by atoms with Crippen molar-refractivity contribution in [1.82, 2.24) is 5.32 Å². The maximum Gasteiger partial charge on any atom is 0.275 e. The standard InChI is InChI=1S/C12H15NO3S/c14-12(17)13-5-4-9-2-3-10-11(8-9)16-7-1-6-15-10/h2-3,8H,1,4-7H2,(H2,13,14,17). The molecule has 1 aliphatic heterocycles. The Morgan fingerprint density at radius 3 is 2.82 bits per heavy atom. The Morgan fingerprint density at radius 2 is 2.06 bits per heavy atom. The number of nitrogens with one attached hydrogen (secondary N) is 1. The van der Waals surface area contributed by atoms with Crippen molar-refractivity contribution in [2.24, 2.45) is 0 Å². The van der Waals surface area contributed by atoms with Crippen LogP contribution in [0.15, 0.2) is 18.2 Å². The van der Waals surface area contributed by atoms with Crippen molar-refractivity contribution in [2.75, 3.05) is 19.8 Å². The van der Waals surface area contributed by atoms with Crippen molar-refractivity contribution in [3.05, 3.63) is 23.8 Å². The van der Waals surface area contributed by atoms with Gasteiger partial charge in [-0.3, -0.25) is 4.79 Å². The Morgan fingerprint density at radius 1 is 1.29 bits per heavy atom. The van der Waals surface area contributed by atoms with Crippen LogP contribution in [0.3, 0.4) is 0 Å². The summed E-state index contributed by atoms with van der Waals surface area (Å²) < 4.78 is 11.1. The minimum absolute atomic E-state index is 0.306. The molecule has 0 fully saturated rings. The molecule has 0 saturated heterocycles. The average molecular weight is 253 g/mol. The average Bonchev–Trinajstić information content (AvgIpc) is 2.53. The number of fused-ring (bicyclic) bond motifs is 1. The molecule has 1 amide bonds. The Hall–Kier alpha value is -1.36. The minimum Gasteiger partial charge on any atom is -0.490 e. The van der Waals surface area contributed by atoms with E-state index >= 15 is 0 Å². The summed E-state index contributed by atoms with van der Waals surface area (Å²) >= 11 is 3.64. The van der Waals surface area contributed by atoms with Crippen molar-refractivity contribution >= 4 is 17.9 Å². The highest BCUT2D eigenvalue weighted by atomic mass is 32.1. The topological polar surface area (TPSA) is 47.6 Å². The first-order valence-corrected chi connectivity index (χ1v) is 6.06. The third kappa shape index (κ3) is 3.56. The number of thiol groups is 1. The Kier molecular flexibility index (Phi) is 4.14. The molecule has 0 bridgehead atoms. The molecule has 1 aromatic carbocycles. The summed E-state index contributed by atoms with van der Waals surface area (Å²) in [5.41, 5.74) is 1.11. The van der Waals surface area contributed by atoms with E-state index in [9.17, 15) is 4.79 Å². The van der Waals surface area contributed by atoms with Crippen LogP contribution in [0.1, 0.15) is 12.0 Å². The van der Waals surface area contributed by atoms with E-state index in [1.54, 1.807) is 0 Å². The van der Waals surface area contributed by atoms with Gasteiger partial charge in [0.2, 0.25) is 0 Å². The van der Waals surface area contributed by atoms with E-state index in [2.05, 4.69) is 17.9 Å². The molecule has 2 rings (SSSR count). The fourth-order valence-corrected chi connectivity index (χ4v) is 1.79. The lowest BCUT2D eigenvalue weighted by Gasteiger charge is -2.09. The Balaban J connectivity index is 1.99. The largest absolute Gasteiger partial charge is 0.490 e. The first kappa shape index (κ1) is 12.1. The molecule has 0 spiro atoms. The van der Waals surface area contributed by atoms with Crippen LogP contribution in [0.5, 0.6) is 11.5 Å². The molecule has 1 aromatic rings. The van der Waals surface area contributed by atoms with Gasteiger partial charge in [-0.15, -0.1) is 0 Å². The molecule has 0 aromatic heterocycles. The van der Waals surface area contributed by atoms with Crippen LogP contribution in [0.2, 0.25) is 0 Å². The van der Waals surface area contributed by atoms with E-state index in [1.807, 2.05) is 18.2 Å². The van der Waals surface area contributed by atoms with E-state index in [1.165, 1.54) is 0 Å². The van der Waals surface area contributed by atoms with Crippen LogP contribution in [-0.4, -0.2) is 25.0 Å². The van der Waals surface area contributed by atoms with Crippen molar-refractivity contribution < 1.29 is 14.3 Å². The highest BCUT2D eigenvalue weighted by molar-refractivity contribution is 7.96. The van der Waals surface area contributed by atoms with E-state index in [4.69, 9.17) is 9.47 Å². The van der Waals surface area contributed by atoms with Gasteiger partial charge in [0.05, 0.1) is 13.2 Å². The molecule has 4 nitrogen and oxygen atoms in total. The summed E-state index contributed by atoms with van der Waals surface area (Å²) in [6.07, 6.45) is 1.66.